The third-order valence-electron chi connectivity index (χ3n) is 5.94. The maximum Gasteiger partial charge on any atom is 0.119 e. The summed E-state index contributed by atoms with van der Waals surface area (Å²) < 4.78 is 11.2. The molecule has 166 valence electrons. The van der Waals surface area contributed by atoms with Crippen molar-refractivity contribution in [2.45, 2.75) is 5.41 Å². The Morgan fingerprint density at radius 3 is 1.42 bits per heavy atom. The van der Waals surface area contributed by atoms with Crippen molar-refractivity contribution in [2.75, 3.05) is 26.4 Å². The first-order chi connectivity index (χ1) is 16.3. The Hall–Kier alpha value is -3.74. The summed E-state index contributed by atoms with van der Waals surface area (Å²) in [4.78, 5) is 9.39. The van der Waals surface area contributed by atoms with Crippen LogP contribution in [0.1, 0.15) is 22.3 Å². The van der Waals surface area contributed by atoms with Crippen LogP contribution in [0.5, 0.6) is 11.5 Å². The maximum absolute atomic E-state index is 9.08. The topological polar surface area (TPSA) is 84.7 Å². The largest absolute Gasteiger partial charge is 0.491 e. The average Bonchev–Trinajstić information content (AvgIpc) is 3.18. The third kappa shape index (κ3) is 3.53. The Morgan fingerprint density at radius 1 is 0.606 bits per heavy atom. The summed E-state index contributed by atoms with van der Waals surface area (Å²) in [6.45, 7) is 0.432. The van der Waals surface area contributed by atoms with Gasteiger partial charge in [-0.2, -0.15) is 0 Å². The molecular weight excluding hydrogens is 416 g/mol. The first-order valence-electron chi connectivity index (χ1n) is 10.9. The fraction of sp³-hybridized carbons (Fsp3) is 0.185. The first kappa shape index (κ1) is 21.1. The first-order valence-corrected chi connectivity index (χ1v) is 10.9. The van der Waals surface area contributed by atoms with Crippen molar-refractivity contribution in [3.05, 3.63) is 107 Å². The number of fused-ring (bicyclic) bond motifs is 3. The van der Waals surface area contributed by atoms with Crippen LogP contribution in [-0.4, -0.2) is 46.6 Å². The number of pyridine rings is 2. The molecule has 4 aromatic rings. The van der Waals surface area contributed by atoms with Crippen molar-refractivity contribution < 1.29 is 19.7 Å². The summed E-state index contributed by atoms with van der Waals surface area (Å²) in [6.07, 6.45) is 3.59. The highest BCUT2D eigenvalue weighted by atomic mass is 16.5. The molecule has 1 aliphatic rings. The lowest BCUT2D eigenvalue weighted by molar-refractivity contribution is 0.201. The van der Waals surface area contributed by atoms with E-state index in [4.69, 9.17) is 29.7 Å². The number of nitrogens with zero attached hydrogens (tertiary/aromatic N) is 2. The molecule has 2 aromatic heterocycles. The molecule has 6 nitrogen and oxygen atoms in total. The summed E-state index contributed by atoms with van der Waals surface area (Å²) in [5, 5.41) is 18.2. The number of hydrogen-bond donors (Lipinski definition) is 2. The molecule has 2 aromatic carbocycles. The van der Waals surface area contributed by atoms with Crippen molar-refractivity contribution in [1.82, 2.24) is 9.97 Å². The summed E-state index contributed by atoms with van der Waals surface area (Å²) in [5.41, 5.74) is 5.37. The molecule has 0 unspecified atom stereocenters. The number of aliphatic hydroxyl groups excluding tert-OH is 2. The van der Waals surface area contributed by atoms with Crippen molar-refractivity contribution >= 4 is 0 Å². The van der Waals surface area contributed by atoms with Gasteiger partial charge in [0.2, 0.25) is 0 Å². The van der Waals surface area contributed by atoms with E-state index in [2.05, 4.69) is 36.4 Å². The van der Waals surface area contributed by atoms with Gasteiger partial charge < -0.3 is 19.7 Å². The van der Waals surface area contributed by atoms with Crippen molar-refractivity contribution in [1.29, 1.82) is 0 Å². The van der Waals surface area contributed by atoms with Gasteiger partial charge in [-0.05, 0) is 58.7 Å². The van der Waals surface area contributed by atoms with Crippen molar-refractivity contribution in [3.63, 3.8) is 0 Å². The van der Waals surface area contributed by atoms with Gasteiger partial charge in [-0.25, -0.2) is 0 Å². The van der Waals surface area contributed by atoms with E-state index in [1.54, 1.807) is 12.4 Å². The minimum atomic E-state index is -0.613. The zero-order chi connectivity index (χ0) is 22.7. The fourth-order valence-electron chi connectivity index (χ4n) is 4.66. The summed E-state index contributed by atoms with van der Waals surface area (Å²) in [7, 11) is 0. The van der Waals surface area contributed by atoms with Gasteiger partial charge in [0.05, 0.1) is 30.0 Å². The molecule has 0 saturated carbocycles. The van der Waals surface area contributed by atoms with Crippen LogP contribution in [0.15, 0.2) is 85.2 Å². The molecule has 0 bridgehead atoms. The fourth-order valence-corrected chi connectivity index (χ4v) is 4.66. The van der Waals surface area contributed by atoms with Crippen LogP contribution in [-0.2, 0) is 5.41 Å². The number of aromatic nitrogens is 2. The molecule has 6 heteroatoms. The average molecular weight is 440 g/mol. The van der Waals surface area contributed by atoms with Crippen LogP contribution < -0.4 is 9.47 Å². The second-order valence-electron chi connectivity index (χ2n) is 7.74. The van der Waals surface area contributed by atoms with E-state index in [9.17, 15) is 0 Å². The highest BCUT2D eigenvalue weighted by Gasteiger charge is 2.47. The smallest absolute Gasteiger partial charge is 0.119 e. The maximum atomic E-state index is 9.08. The van der Waals surface area contributed by atoms with Crippen LogP contribution in [0.25, 0.3) is 11.4 Å². The summed E-state index contributed by atoms with van der Waals surface area (Å²) in [5.74, 6) is 1.40. The van der Waals surface area contributed by atoms with Crippen LogP contribution in [0.4, 0.5) is 0 Å². The molecule has 0 radical (unpaired) electrons. The van der Waals surface area contributed by atoms with E-state index in [1.807, 2.05) is 36.4 Å². The van der Waals surface area contributed by atoms with Crippen LogP contribution in [0.3, 0.4) is 0 Å². The lowest BCUT2D eigenvalue weighted by atomic mass is 9.68. The minimum Gasteiger partial charge on any atom is -0.491 e. The standard InChI is InChI=1S/C27H24N2O4/c30-15-17-32-21-9-5-19(6-10-21)27(20-7-11-22(12-8-20)33-18-16-31)23-3-1-13-28-25(23)26-24(27)4-2-14-29-26/h1-14,30-31H,15-18H2. The van der Waals surface area contributed by atoms with Gasteiger partial charge in [-0.1, -0.05) is 36.4 Å². The normalized spacial score (nSPS) is 13.3. The number of hydrogen-bond acceptors (Lipinski definition) is 6. The molecule has 0 spiro atoms. The molecule has 1 aliphatic carbocycles. The molecule has 0 atom stereocenters. The lowest BCUT2D eigenvalue weighted by Gasteiger charge is -2.33. The quantitative estimate of drug-likeness (QED) is 0.384. The van der Waals surface area contributed by atoms with Crippen LogP contribution in [0.2, 0.25) is 0 Å². The van der Waals surface area contributed by atoms with Crippen LogP contribution in [0, 0.1) is 0 Å². The van der Waals surface area contributed by atoms with E-state index >= 15 is 0 Å². The van der Waals surface area contributed by atoms with Crippen molar-refractivity contribution in [3.8, 4) is 22.9 Å². The molecule has 5 rings (SSSR count). The van der Waals surface area contributed by atoms with Gasteiger partial charge in [0.1, 0.15) is 24.7 Å². The SMILES string of the molecule is OCCOc1ccc(C2(c3ccc(OCCO)cc3)c3cccnc3-c3ncccc32)cc1. The number of ether oxygens (including phenoxy) is 2. The zero-order valence-electron chi connectivity index (χ0n) is 18.0. The molecule has 0 fully saturated rings. The predicted octanol–water partition coefficient (Wildman–Crippen LogP) is 3.58. The highest BCUT2D eigenvalue weighted by Crippen LogP contribution is 2.54. The van der Waals surface area contributed by atoms with E-state index < -0.39 is 5.41 Å². The molecule has 0 amide bonds. The van der Waals surface area contributed by atoms with Crippen molar-refractivity contribution in [2.24, 2.45) is 0 Å². The van der Waals surface area contributed by atoms with Gasteiger partial charge in [0.25, 0.3) is 0 Å². The van der Waals surface area contributed by atoms with Gasteiger partial charge in [-0.15, -0.1) is 0 Å². The van der Waals surface area contributed by atoms with Crippen LogP contribution >= 0.6 is 0 Å². The highest BCUT2D eigenvalue weighted by molar-refractivity contribution is 5.81. The molecule has 33 heavy (non-hydrogen) atoms. The van der Waals surface area contributed by atoms with E-state index in [0.29, 0.717) is 11.5 Å². The number of aliphatic hydroxyl groups is 2. The van der Waals surface area contributed by atoms with Gasteiger partial charge in [-0.3, -0.25) is 9.97 Å². The predicted molar refractivity (Wildman–Crippen MR) is 124 cm³/mol. The zero-order valence-corrected chi connectivity index (χ0v) is 18.0. The lowest BCUT2D eigenvalue weighted by Crippen LogP contribution is -2.28. The Balaban J connectivity index is 1.72. The number of benzene rings is 2. The van der Waals surface area contributed by atoms with E-state index in [1.165, 1.54) is 0 Å². The van der Waals surface area contributed by atoms with Gasteiger partial charge in [0.15, 0.2) is 0 Å². The molecule has 0 aliphatic heterocycles. The summed E-state index contributed by atoms with van der Waals surface area (Å²) in [6, 6.07) is 24.1. The Labute approximate surface area is 192 Å². The van der Waals surface area contributed by atoms with E-state index in [-0.39, 0.29) is 26.4 Å². The molecule has 2 N–H and O–H groups in total. The van der Waals surface area contributed by atoms with E-state index in [0.717, 1.165) is 33.6 Å². The van der Waals surface area contributed by atoms with Gasteiger partial charge >= 0.3 is 0 Å². The summed E-state index contributed by atoms with van der Waals surface area (Å²) >= 11 is 0. The Morgan fingerprint density at radius 2 is 1.03 bits per heavy atom. The number of rotatable bonds is 8. The Kier molecular flexibility index (Phi) is 5.77. The molecule has 2 heterocycles. The molecular formula is C27H24N2O4. The second kappa shape index (κ2) is 9.02. The van der Waals surface area contributed by atoms with Gasteiger partial charge in [0, 0.05) is 12.4 Å². The Bertz CT molecular complexity index is 1140. The minimum absolute atomic E-state index is 0.0333. The molecule has 0 saturated heterocycles. The third-order valence-corrected chi connectivity index (χ3v) is 5.94. The monoisotopic (exact) mass is 440 g/mol. The second-order valence-corrected chi connectivity index (χ2v) is 7.74.